The molecule has 4 N–H and O–H groups in total. The second-order valence-electron chi connectivity index (χ2n) is 4.29. The molecule has 0 aliphatic carbocycles. The number of nitrogens with two attached hydrogens (primary N) is 1. The van der Waals surface area contributed by atoms with Crippen LogP contribution in [0.1, 0.15) is 11.3 Å². The van der Waals surface area contributed by atoms with Gasteiger partial charge in [-0.2, -0.15) is 0 Å². The highest BCUT2D eigenvalue weighted by molar-refractivity contribution is 5.94. The maximum atomic E-state index is 11.8. The normalized spacial score (nSPS) is 12.1. The first-order valence-corrected chi connectivity index (χ1v) is 5.82. The molecular weight excluding hydrogens is 246 g/mol. The van der Waals surface area contributed by atoms with Gasteiger partial charge in [-0.3, -0.25) is 4.79 Å². The first-order valence-electron chi connectivity index (χ1n) is 5.82. The maximum Gasteiger partial charge on any atom is 0.242 e. The summed E-state index contributed by atoms with van der Waals surface area (Å²) < 4.78 is 4.84. The Morgan fingerprint density at radius 3 is 2.74 bits per heavy atom. The van der Waals surface area contributed by atoms with Gasteiger partial charge in [0.05, 0.1) is 6.04 Å². The third kappa shape index (κ3) is 3.56. The lowest BCUT2D eigenvalue weighted by Crippen LogP contribution is -2.37. The van der Waals surface area contributed by atoms with Crippen LogP contribution in [0.3, 0.4) is 0 Å². The Labute approximate surface area is 110 Å². The summed E-state index contributed by atoms with van der Waals surface area (Å²) in [6.45, 7) is 1.74. The fraction of sp³-hybridized carbons (Fsp3) is 0.231. The average Bonchev–Trinajstić information content (AvgIpc) is 2.77. The number of aromatic hydroxyl groups is 1. The van der Waals surface area contributed by atoms with E-state index < -0.39 is 6.04 Å². The van der Waals surface area contributed by atoms with Gasteiger partial charge in [-0.15, -0.1) is 0 Å². The van der Waals surface area contributed by atoms with E-state index in [4.69, 9.17) is 15.4 Å². The van der Waals surface area contributed by atoms with Crippen LogP contribution in [0.4, 0.5) is 5.82 Å². The predicted molar refractivity (Wildman–Crippen MR) is 69.7 cm³/mol. The van der Waals surface area contributed by atoms with Crippen molar-refractivity contribution in [3.63, 3.8) is 0 Å². The molecule has 0 aliphatic rings. The fourth-order valence-corrected chi connectivity index (χ4v) is 1.62. The minimum absolute atomic E-state index is 0.180. The summed E-state index contributed by atoms with van der Waals surface area (Å²) in [6.07, 6.45) is 0.378. The topological polar surface area (TPSA) is 101 Å². The van der Waals surface area contributed by atoms with E-state index in [0.29, 0.717) is 18.0 Å². The molecule has 2 rings (SSSR count). The number of hydrogen-bond donors (Lipinski definition) is 3. The van der Waals surface area contributed by atoms with Crippen LogP contribution in [0.15, 0.2) is 34.9 Å². The number of hydrogen-bond acceptors (Lipinski definition) is 5. The smallest absolute Gasteiger partial charge is 0.242 e. The zero-order valence-electron chi connectivity index (χ0n) is 10.5. The van der Waals surface area contributed by atoms with Crippen molar-refractivity contribution >= 4 is 11.7 Å². The molecule has 1 unspecified atom stereocenters. The van der Waals surface area contributed by atoms with E-state index in [9.17, 15) is 4.79 Å². The molecule has 6 heteroatoms. The number of nitrogens with zero attached hydrogens (tertiary/aromatic N) is 1. The van der Waals surface area contributed by atoms with Crippen LogP contribution >= 0.6 is 0 Å². The van der Waals surface area contributed by atoms with E-state index in [1.165, 1.54) is 0 Å². The quantitative estimate of drug-likeness (QED) is 0.767. The van der Waals surface area contributed by atoms with Crippen molar-refractivity contribution < 1.29 is 14.4 Å². The van der Waals surface area contributed by atoms with Crippen LogP contribution < -0.4 is 11.1 Å². The third-order valence-corrected chi connectivity index (χ3v) is 2.61. The van der Waals surface area contributed by atoms with Crippen molar-refractivity contribution in [2.24, 2.45) is 5.73 Å². The SMILES string of the molecule is Cc1cc(NC(=O)C(N)Cc2ccc(O)cc2)no1. The summed E-state index contributed by atoms with van der Waals surface area (Å²) in [7, 11) is 0. The van der Waals surface area contributed by atoms with Gasteiger partial charge < -0.3 is 20.7 Å². The number of aromatic nitrogens is 1. The zero-order chi connectivity index (χ0) is 13.8. The Morgan fingerprint density at radius 2 is 2.16 bits per heavy atom. The molecule has 100 valence electrons. The summed E-state index contributed by atoms with van der Waals surface area (Å²) in [6, 6.07) is 7.49. The molecule has 1 aromatic heterocycles. The monoisotopic (exact) mass is 261 g/mol. The first-order chi connectivity index (χ1) is 9.04. The van der Waals surface area contributed by atoms with Gasteiger partial charge in [0, 0.05) is 6.07 Å². The van der Waals surface area contributed by atoms with Gasteiger partial charge in [0.2, 0.25) is 5.91 Å². The number of phenols is 1. The maximum absolute atomic E-state index is 11.8. The summed E-state index contributed by atoms with van der Waals surface area (Å²) in [4.78, 5) is 11.8. The van der Waals surface area contributed by atoms with Crippen LogP contribution in [0.2, 0.25) is 0 Å². The minimum atomic E-state index is -0.693. The summed E-state index contributed by atoms with van der Waals surface area (Å²) in [5.41, 5.74) is 6.68. The van der Waals surface area contributed by atoms with Crippen molar-refractivity contribution in [3.8, 4) is 5.75 Å². The second kappa shape index (κ2) is 5.53. The lowest BCUT2D eigenvalue weighted by Gasteiger charge is -2.10. The first kappa shape index (κ1) is 13.1. The van der Waals surface area contributed by atoms with Gasteiger partial charge in [-0.25, -0.2) is 0 Å². The number of carbonyl (C=O) groups is 1. The van der Waals surface area contributed by atoms with E-state index in [1.54, 1.807) is 37.3 Å². The number of rotatable bonds is 4. The number of benzene rings is 1. The number of aryl methyl sites for hydroxylation is 1. The van der Waals surface area contributed by atoms with Crippen LogP contribution in [-0.4, -0.2) is 22.2 Å². The van der Waals surface area contributed by atoms with Crippen molar-refractivity contribution in [1.29, 1.82) is 0 Å². The minimum Gasteiger partial charge on any atom is -0.508 e. The fourth-order valence-electron chi connectivity index (χ4n) is 1.62. The highest BCUT2D eigenvalue weighted by Crippen LogP contribution is 2.12. The Kier molecular flexibility index (Phi) is 3.82. The van der Waals surface area contributed by atoms with E-state index in [2.05, 4.69) is 10.5 Å². The number of amides is 1. The van der Waals surface area contributed by atoms with Crippen molar-refractivity contribution in [2.75, 3.05) is 5.32 Å². The Balaban J connectivity index is 1.94. The van der Waals surface area contributed by atoms with Gasteiger partial charge in [-0.05, 0) is 31.0 Å². The van der Waals surface area contributed by atoms with Gasteiger partial charge in [0.25, 0.3) is 0 Å². The van der Waals surface area contributed by atoms with Crippen LogP contribution in [-0.2, 0) is 11.2 Å². The van der Waals surface area contributed by atoms with Crippen LogP contribution in [0, 0.1) is 6.92 Å². The molecule has 19 heavy (non-hydrogen) atoms. The van der Waals surface area contributed by atoms with E-state index in [-0.39, 0.29) is 11.7 Å². The molecule has 0 bridgehead atoms. The number of phenolic OH excluding ortho intramolecular Hbond substituents is 1. The molecule has 1 amide bonds. The highest BCUT2D eigenvalue weighted by Gasteiger charge is 2.15. The molecule has 1 heterocycles. The van der Waals surface area contributed by atoms with Crippen molar-refractivity contribution in [1.82, 2.24) is 5.16 Å². The lowest BCUT2D eigenvalue weighted by molar-refractivity contribution is -0.117. The molecule has 2 aromatic rings. The van der Waals surface area contributed by atoms with E-state index in [0.717, 1.165) is 5.56 Å². The lowest BCUT2D eigenvalue weighted by atomic mass is 10.1. The van der Waals surface area contributed by atoms with Crippen molar-refractivity contribution in [3.05, 3.63) is 41.7 Å². The zero-order valence-corrected chi connectivity index (χ0v) is 10.5. The average molecular weight is 261 g/mol. The molecule has 1 atom stereocenters. The van der Waals surface area contributed by atoms with Gasteiger partial charge in [0.1, 0.15) is 11.5 Å². The molecule has 0 saturated carbocycles. The second-order valence-corrected chi connectivity index (χ2v) is 4.29. The molecule has 0 aliphatic heterocycles. The predicted octanol–water partition coefficient (Wildman–Crippen LogP) is 1.20. The molecule has 1 aromatic carbocycles. The standard InChI is InChI=1S/C13H15N3O3/c1-8-6-12(16-19-8)15-13(18)11(14)7-9-2-4-10(17)5-3-9/h2-6,11,17H,7,14H2,1H3,(H,15,16,18). The third-order valence-electron chi connectivity index (χ3n) is 2.61. The summed E-state index contributed by atoms with van der Waals surface area (Å²) in [5.74, 6) is 0.812. The molecule has 6 nitrogen and oxygen atoms in total. The molecule has 0 radical (unpaired) electrons. The molecular formula is C13H15N3O3. The Bertz CT molecular complexity index is 563. The van der Waals surface area contributed by atoms with Gasteiger partial charge in [-0.1, -0.05) is 17.3 Å². The Morgan fingerprint density at radius 1 is 1.47 bits per heavy atom. The van der Waals surface area contributed by atoms with Gasteiger partial charge >= 0.3 is 0 Å². The largest absolute Gasteiger partial charge is 0.508 e. The van der Waals surface area contributed by atoms with Crippen LogP contribution in [0.25, 0.3) is 0 Å². The highest BCUT2D eigenvalue weighted by atomic mass is 16.5. The summed E-state index contributed by atoms with van der Waals surface area (Å²) >= 11 is 0. The van der Waals surface area contributed by atoms with Crippen molar-refractivity contribution in [2.45, 2.75) is 19.4 Å². The van der Waals surface area contributed by atoms with E-state index in [1.807, 2.05) is 0 Å². The molecule has 0 saturated heterocycles. The van der Waals surface area contributed by atoms with Gasteiger partial charge in [0.15, 0.2) is 5.82 Å². The summed E-state index contributed by atoms with van der Waals surface area (Å²) in [5, 5.41) is 15.4. The Hall–Kier alpha value is -2.34. The van der Waals surface area contributed by atoms with E-state index >= 15 is 0 Å². The number of anilines is 1. The molecule has 0 fully saturated rings. The number of carbonyl (C=O) groups excluding carboxylic acids is 1. The number of nitrogens with one attached hydrogen (secondary N) is 1. The van der Waals surface area contributed by atoms with Crippen LogP contribution in [0.5, 0.6) is 5.75 Å². The molecule has 0 spiro atoms.